The lowest BCUT2D eigenvalue weighted by atomic mass is 9.92. The van der Waals surface area contributed by atoms with E-state index in [1.807, 2.05) is 0 Å². The lowest BCUT2D eigenvalue weighted by Gasteiger charge is -2.43. The lowest BCUT2D eigenvalue weighted by molar-refractivity contribution is -0.134. The molecule has 3 aliphatic rings. The topological polar surface area (TPSA) is 78.7 Å². The number of piperidine rings is 2. The SMILES string of the molecule is CC(C)(NC(=O)[C@H]1CCCN(C2CCN(C3Cc4ccccc4C3)CC2)C1)C(N)=O. The number of nitrogens with zero attached hydrogens (tertiary/aromatic N) is 2. The van der Waals surface area contributed by atoms with E-state index in [1.54, 1.807) is 13.8 Å². The van der Waals surface area contributed by atoms with Crippen molar-refractivity contribution in [2.45, 2.75) is 70.0 Å². The van der Waals surface area contributed by atoms with Gasteiger partial charge in [0.15, 0.2) is 0 Å². The van der Waals surface area contributed by atoms with Crippen LogP contribution in [0.5, 0.6) is 0 Å². The summed E-state index contributed by atoms with van der Waals surface area (Å²) < 4.78 is 0. The predicted molar refractivity (Wildman–Crippen MR) is 118 cm³/mol. The molecule has 3 N–H and O–H groups in total. The van der Waals surface area contributed by atoms with Gasteiger partial charge >= 0.3 is 0 Å². The quantitative estimate of drug-likeness (QED) is 0.772. The summed E-state index contributed by atoms with van der Waals surface area (Å²) in [6.45, 7) is 7.50. The number of nitrogens with one attached hydrogen (secondary N) is 1. The highest BCUT2D eigenvalue weighted by Gasteiger charge is 2.36. The van der Waals surface area contributed by atoms with E-state index in [0.717, 1.165) is 39.0 Å². The predicted octanol–water partition coefficient (Wildman–Crippen LogP) is 1.71. The molecule has 2 aliphatic heterocycles. The Morgan fingerprint density at radius 2 is 1.60 bits per heavy atom. The highest BCUT2D eigenvalue weighted by molar-refractivity contribution is 5.90. The van der Waals surface area contributed by atoms with E-state index in [9.17, 15) is 9.59 Å². The van der Waals surface area contributed by atoms with Crippen LogP contribution < -0.4 is 11.1 Å². The fourth-order valence-corrected chi connectivity index (χ4v) is 5.43. The van der Waals surface area contributed by atoms with E-state index in [-0.39, 0.29) is 11.8 Å². The molecule has 2 fully saturated rings. The molecule has 1 aromatic carbocycles. The normalized spacial score (nSPS) is 24.5. The third-order valence-corrected chi connectivity index (χ3v) is 7.44. The van der Waals surface area contributed by atoms with Crippen molar-refractivity contribution in [2.75, 3.05) is 26.2 Å². The molecule has 1 atom stereocenters. The first kappa shape index (κ1) is 21.3. The maximum Gasteiger partial charge on any atom is 0.242 e. The van der Waals surface area contributed by atoms with Gasteiger partial charge in [0.2, 0.25) is 11.8 Å². The first-order valence-electron chi connectivity index (χ1n) is 11.5. The standard InChI is InChI=1S/C24H36N4O2/c1-24(2,23(25)30)26-22(29)19-8-5-11-28(16-19)20-9-12-27(13-10-20)21-14-17-6-3-4-7-18(17)15-21/h3-4,6-7,19-21H,5,8-16H2,1-2H3,(H2,25,30)(H,26,29)/t19-/m0/s1. The van der Waals surface area contributed by atoms with Crippen LogP contribution in [-0.4, -0.2) is 65.4 Å². The van der Waals surface area contributed by atoms with Gasteiger partial charge in [-0.25, -0.2) is 0 Å². The molecule has 2 saturated heterocycles. The largest absolute Gasteiger partial charge is 0.368 e. The molecule has 6 nitrogen and oxygen atoms in total. The van der Waals surface area contributed by atoms with Crippen LogP contribution in [0.1, 0.15) is 50.7 Å². The number of fused-ring (bicyclic) bond motifs is 1. The van der Waals surface area contributed by atoms with Crippen LogP contribution in [-0.2, 0) is 22.4 Å². The summed E-state index contributed by atoms with van der Waals surface area (Å²) in [4.78, 5) is 29.5. The third-order valence-electron chi connectivity index (χ3n) is 7.44. The van der Waals surface area contributed by atoms with E-state index in [2.05, 4.69) is 39.4 Å². The molecule has 0 saturated carbocycles. The van der Waals surface area contributed by atoms with Gasteiger partial charge in [-0.3, -0.25) is 19.4 Å². The van der Waals surface area contributed by atoms with Gasteiger partial charge in [0.25, 0.3) is 0 Å². The number of nitrogens with two attached hydrogens (primary N) is 1. The van der Waals surface area contributed by atoms with Gasteiger partial charge < -0.3 is 11.1 Å². The van der Waals surface area contributed by atoms with Crippen LogP contribution in [0.15, 0.2) is 24.3 Å². The van der Waals surface area contributed by atoms with Crippen LogP contribution in [0.3, 0.4) is 0 Å². The zero-order valence-electron chi connectivity index (χ0n) is 18.4. The van der Waals surface area contributed by atoms with Crippen molar-refractivity contribution in [3.8, 4) is 0 Å². The molecule has 164 valence electrons. The van der Waals surface area contributed by atoms with E-state index in [4.69, 9.17) is 5.73 Å². The van der Waals surface area contributed by atoms with Gasteiger partial charge in [-0.15, -0.1) is 0 Å². The number of likely N-dealkylation sites (tertiary alicyclic amines) is 2. The molecule has 0 aromatic heterocycles. The molecule has 0 spiro atoms. The summed E-state index contributed by atoms with van der Waals surface area (Å²) >= 11 is 0. The summed E-state index contributed by atoms with van der Waals surface area (Å²) in [7, 11) is 0. The van der Waals surface area contributed by atoms with Crippen LogP contribution >= 0.6 is 0 Å². The van der Waals surface area contributed by atoms with Gasteiger partial charge in [-0.05, 0) is 83.1 Å². The van der Waals surface area contributed by atoms with E-state index >= 15 is 0 Å². The van der Waals surface area contributed by atoms with E-state index in [1.165, 1.54) is 36.8 Å². The number of carbonyl (C=O) groups excluding carboxylic acids is 2. The first-order chi connectivity index (χ1) is 14.3. The third kappa shape index (κ3) is 4.54. The van der Waals surface area contributed by atoms with Crippen molar-refractivity contribution in [3.63, 3.8) is 0 Å². The molecular formula is C24H36N4O2. The minimum absolute atomic E-state index is 0.0374. The Morgan fingerprint density at radius 1 is 0.967 bits per heavy atom. The molecule has 0 unspecified atom stereocenters. The summed E-state index contributed by atoms with van der Waals surface area (Å²) in [5, 5.41) is 2.85. The van der Waals surface area contributed by atoms with Crippen LogP contribution in [0.25, 0.3) is 0 Å². The fourth-order valence-electron chi connectivity index (χ4n) is 5.43. The van der Waals surface area contributed by atoms with Crippen LogP contribution in [0, 0.1) is 5.92 Å². The van der Waals surface area contributed by atoms with E-state index in [0.29, 0.717) is 12.1 Å². The number of hydrogen-bond donors (Lipinski definition) is 2. The van der Waals surface area contributed by atoms with Crippen molar-refractivity contribution in [3.05, 3.63) is 35.4 Å². The van der Waals surface area contributed by atoms with Crippen LogP contribution in [0.2, 0.25) is 0 Å². The fraction of sp³-hybridized carbons (Fsp3) is 0.667. The van der Waals surface area contributed by atoms with Gasteiger partial charge in [0, 0.05) is 18.6 Å². The van der Waals surface area contributed by atoms with Crippen molar-refractivity contribution in [1.82, 2.24) is 15.1 Å². The van der Waals surface area contributed by atoms with Crippen molar-refractivity contribution in [2.24, 2.45) is 11.7 Å². The van der Waals surface area contributed by atoms with E-state index < -0.39 is 11.4 Å². The average Bonchev–Trinajstić information content (AvgIpc) is 3.18. The van der Waals surface area contributed by atoms with Crippen LogP contribution in [0.4, 0.5) is 0 Å². The Morgan fingerprint density at radius 3 is 2.20 bits per heavy atom. The van der Waals surface area contributed by atoms with Gasteiger partial charge in [-0.1, -0.05) is 24.3 Å². The molecule has 6 heteroatoms. The minimum Gasteiger partial charge on any atom is -0.368 e. The summed E-state index contributed by atoms with van der Waals surface area (Å²) in [5.74, 6) is -0.589. The second-order valence-corrected chi connectivity index (χ2v) is 9.91. The smallest absolute Gasteiger partial charge is 0.242 e. The van der Waals surface area contributed by atoms with Crippen molar-refractivity contribution >= 4 is 11.8 Å². The van der Waals surface area contributed by atoms with Crippen molar-refractivity contribution < 1.29 is 9.59 Å². The summed E-state index contributed by atoms with van der Waals surface area (Å²) in [6, 6.07) is 10.1. The molecule has 30 heavy (non-hydrogen) atoms. The minimum atomic E-state index is -0.996. The van der Waals surface area contributed by atoms with Gasteiger partial charge in [0.1, 0.15) is 5.54 Å². The second-order valence-electron chi connectivity index (χ2n) is 9.91. The first-order valence-corrected chi connectivity index (χ1v) is 11.5. The number of carbonyl (C=O) groups is 2. The highest BCUT2D eigenvalue weighted by Crippen LogP contribution is 2.30. The number of benzene rings is 1. The number of amides is 2. The maximum absolute atomic E-state index is 12.7. The Labute approximate surface area is 180 Å². The second kappa shape index (κ2) is 8.67. The lowest BCUT2D eigenvalue weighted by Crippen LogP contribution is -2.57. The molecule has 1 aromatic rings. The Kier molecular flexibility index (Phi) is 6.16. The number of hydrogen-bond acceptors (Lipinski definition) is 4. The molecule has 0 bridgehead atoms. The Hall–Kier alpha value is -1.92. The van der Waals surface area contributed by atoms with Gasteiger partial charge in [0.05, 0.1) is 5.92 Å². The number of primary amides is 1. The molecule has 4 rings (SSSR count). The molecule has 2 amide bonds. The monoisotopic (exact) mass is 412 g/mol. The van der Waals surface area contributed by atoms with Gasteiger partial charge in [-0.2, -0.15) is 0 Å². The zero-order chi connectivity index (χ0) is 21.3. The van der Waals surface area contributed by atoms with Crippen molar-refractivity contribution in [1.29, 1.82) is 0 Å². The number of rotatable bonds is 5. The Balaban J connectivity index is 1.28. The maximum atomic E-state index is 12.7. The summed E-state index contributed by atoms with van der Waals surface area (Å²) in [6.07, 6.45) is 6.64. The molecule has 0 radical (unpaired) electrons. The zero-order valence-corrected chi connectivity index (χ0v) is 18.4. The molecule has 1 aliphatic carbocycles. The highest BCUT2D eigenvalue weighted by atomic mass is 16.2. The molecular weight excluding hydrogens is 376 g/mol. The summed E-state index contributed by atoms with van der Waals surface area (Å²) in [5.41, 5.74) is 7.46. The Bertz CT molecular complexity index is 760. The molecule has 2 heterocycles. The average molecular weight is 413 g/mol.